The Kier molecular flexibility index (Phi) is 5.00. The Hall–Kier alpha value is -2.63. The number of fused-ring (bicyclic) bond motifs is 1. The van der Waals surface area contributed by atoms with Gasteiger partial charge in [-0.05, 0) is 37.3 Å². The normalized spacial score (nSPS) is 11.3. The fourth-order valence-corrected chi connectivity index (χ4v) is 4.36. The number of nitrogens with zero attached hydrogens (tertiary/aromatic N) is 2. The summed E-state index contributed by atoms with van der Waals surface area (Å²) in [7, 11) is 0. The number of aryl methyl sites for hydroxylation is 1. The zero-order valence-electron chi connectivity index (χ0n) is 14.1. The van der Waals surface area contributed by atoms with E-state index in [2.05, 4.69) is 47.4 Å². The molecule has 2 aromatic heterocycles. The third kappa shape index (κ3) is 3.95. The van der Waals surface area contributed by atoms with Gasteiger partial charge < -0.3 is 4.84 Å². The van der Waals surface area contributed by atoms with Gasteiger partial charge in [-0.3, -0.25) is 4.98 Å². The molecule has 0 atom stereocenters. The van der Waals surface area contributed by atoms with E-state index in [0.29, 0.717) is 0 Å². The first-order valence-corrected chi connectivity index (χ1v) is 9.79. The maximum atomic E-state index is 5.40. The Labute approximate surface area is 160 Å². The van der Waals surface area contributed by atoms with Gasteiger partial charge in [0.05, 0.1) is 15.8 Å². The zero-order valence-corrected chi connectivity index (χ0v) is 15.8. The lowest BCUT2D eigenvalue weighted by molar-refractivity contribution is 0.344. The first-order chi connectivity index (χ1) is 12.8. The number of thiophene rings is 1. The van der Waals surface area contributed by atoms with Crippen LogP contribution in [0.4, 0.5) is 0 Å². The van der Waals surface area contributed by atoms with E-state index in [1.54, 1.807) is 29.3 Å². The van der Waals surface area contributed by atoms with Gasteiger partial charge in [0, 0.05) is 27.6 Å². The van der Waals surface area contributed by atoms with Crippen LogP contribution < -0.4 is 4.84 Å². The van der Waals surface area contributed by atoms with Gasteiger partial charge in [-0.2, -0.15) is 0 Å². The number of hydrogen-bond donors (Lipinski definition) is 0. The van der Waals surface area contributed by atoms with E-state index in [0.717, 1.165) is 20.2 Å². The minimum absolute atomic E-state index is 0.724. The van der Waals surface area contributed by atoms with E-state index in [9.17, 15) is 0 Å². The molecule has 5 heteroatoms. The van der Waals surface area contributed by atoms with Gasteiger partial charge in [0.25, 0.3) is 0 Å². The van der Waals surface area contributed by atoms with Gasteiger partial charge in [-0.15, -0.1) is 11.3 Å². The van der Waals surface area contributed by atoms with Gasteiger partial charge in [0.1, 0.15) is 0 Å². The topological polar surface area (TPSA) is 34.5 Å². The standard InChI is InChI=1S/C21H16N2OS2/c1-15-7-9-17(10-8-15)25-20-13-22-14-21-19(20)11-18(26-21)12-23-24-16-5-3-2-4-6-16/h2-14H,1H3/b23-12+. The third-order valence-corrected chi connectivity index (χ3v) is 5.82. The summed E-state index contributed by atoms with van der Waals surface area (Å²) in [5.41, 5.74) is 1.26. The molecule has 0 unspecified atom stereocenters. The van der Waals surface area contributed by atoms with Crippen molar-refractivity contribution in [1.82, 2.24) is 4.98 Å². The van der Waals surface area contributed by atoms with E-state index in [1.807, 2.05) is 42.7 Å². The molecule has 0 saturated heterocycles. The first kappa shape index (κ1) is 16.8. The van der Waals surface area contributed by atoms with Crippen molar-refractivity contribution >= 4 is 39.4 Å². The van der Waals surface area contributed by atoms with Crippen molar-refractivity contribution in [1.29, 1.82) is 0 Å². The van der Waals surface area contributed by atoms with Gasteiger partial charge in [-0.25, -0.2) is 0 Å². The minimum atomic E-state index is 0.724. The average molecular weight is 377 g/mol. The summed E-state index contributed by atoms with van der Waals surface area (Å²) in [6.07, 6.45) is 5.56. The molecule has 0 bridgehead atoms. The molecule has 3 nitrogen and oxygen atoms in total. The molecule has 2 heterocycles. The number of para-hydroxylation sites is 1. The predicted molar refractivity (Wildman–Crippen MR) is 110 cm³/mol. The van der Waals surface area contributed by atoms with Gasteiger partial charge in [0.15, 0.2) is 5.75 Å². The molecule has 0 fully saturated rings. The molecule has 0 amide bonds. The third-order valence-electron chi connectivity index (χ3n) is 3.76. The molecule has 0 aliphatic heterocycles. The highest BCUT2D eigenvalue weighted by Gasteiger charge is 2.08. The monoisotopic (exact) mass is 376 g/mol. The maximum Gasteiger partial charge on any atom is 0.157 e. The number of oxime groups is 1. The average Bonchev–Trinajstić information content (AvgIpc) is 3.08. The Morgan fingerprint density at radius 1 is 1.04 bits per heavy atom. The summed E-state index contributed by atoms with van der Waals surface area (Å²) in [6, 6.07) is 20.2. The van der Waals surface area contributed by atoms with E-state index in [1.165, 1.54) is 15.8 Å². The molecule has 0 spiro atoms. The van der Waals surface area contributed by atoms with Gasteiger partial charge >= 0.3 is 0 Å². The lowest BCUT2D eigenvalue weighted by Gasteiger charge is -2.03. The van der Waals surface area contributed by atoms with Crippen LogP contribution in [-0.2, 0) is 0 Å². The van der Waals surface area contributed by atoms with Crippen molar-refractivity contribution in [2.45, 2.75) is 16.7 Å². The molecule has 0 radical (unpaired) electrons. The molecule has 0 aliphatic rings. The van der Waals surface area contributed by atoms with Crippen molar-refractivity contribution in [3.8, 4) is 5.75 Å². The van der Waals surface area contributed by atoms with Crippen LogP contribution in [0.5, 0.6) is 5.75 Å². The Morgan fingerprint density at radius 2 is 1.85 bits per heavy atom. The quantitative estimate of drug-likeness (QED) is 0.309. The van der Waals surface area contributed by atoms with E-state index >= 15 is 0 Å². The fraction of sp³-hybridized carbons (Fsp3) is 0.0476. The van der Waals surface area contributed by atoms with E-state index in [-0.39, 0.29) is 0 Å². The van der Waals surface area contributed by atoms with Crippen LogP contribution in [0.1, 0.15) is 10.4 Å². The molecule has 0 saturated carbocycles. The van der Waals surface area contributed by atoms with Crippen molar-refractivity contribution in [2.75, 3.05) is 0 Å². The predicted octanol–water partition coefficient (Wildman–Crippen LogP) is 6.17. The molecular formula is C21H16N2OS2. The highest BCUT2D eigenvalue weighted by atomic mass is 32.2. The second-order valence-electron chi connectivity index (χ2n) is 5.75. The van der Waals surface area contributed by atoms with Crippen molar-refractivity contribution < 1.29 is 4.84 Å². The summed E-state index contributed by atoms with van der Waals surface area (Å²) in [4.78, 5) is 13.2. The van der Waals surface area contributed by atoms with E-state index < -0.39 is 0 Å². The Balaban J connectivity index is 1.56. The Morgan fingerprint density at radius 3 is 2.65 bits per heavy atom. The van der Waals surface area contributed by atoms with Crippen LogP contribution in [0.3, 0.4) is 0 Å². The number of pyridine rings is 1. The zero-order chi connectivity index (χ0) is 17.8. The highest BCUT2D eigenvalue weighted by molar-refractivity contribution is 7.99. The second-order valence-corrected chi connectivity index (χ2v) is 7.98. The van der Waals surface area contributed by atoms with Crippen LogP contribution in [0, 0.1) is 6.92 Å². The molecular weight excluding hydrogens is 360 g/mol. The van der Waals surface area contributed by atoms with Crippen LogP contribution >= 0.6 is 23.1 Å². The summed E-state index contributed by atoms with van der Waals surface area (Å²) < 4.78 is 1.14. The van der Waals surface area contributed by atoms with Crippen molar-refractivity contribution in [3.63, 3.8) is 0 Å². The highest BCUT2D eigenvalue weighted by Crippen LogP contribution is 2.36. The lowest BCUT2D eigenvalue weighted by Crippen LogP contribution is -1.83. The number of hydrogen-bond acceptors (Lipinski definition) is 5. The Bertz CT molecular complexity index is 1040. The summed E-state index contributed by atoms with van der Waals surface area (Å²) >= 11 is 3.38. The number of benzene rings is 2. The van der Waals surface area contributed by atoms with Crippen LogP contribution in [0.25, 0.3) is 10.1 Å². The van der Waals surface area contributed by atoms with Gasteiger partial charge in [0.2, 0.25) is 0 Å². The first-order valence-electron chi connectivity index (χ1n) is 8.15. The molecule has 4 aromatic rings. The molecule has 26 heavy (non-hydrogen) atoms. The van der Waals surface area contributed by atoms with Crippen LogP contribution in [0.2, 0.25) is 0 Å². The smallest absolute Gasteiger partial charge is 0.157 e. The minimum Gasteiger partial charge on any atom is -0.357 e. The summed E-state index contributed by atoms with van der Waals surface area (Å²) in [5.74, 6) is 0.724. The SMILES string of the molecule is Cc1ccc(Sc2cncc3sc(/C=N/Oc4ccccc4)cc23)cc1. The molecule has 0 N–H and O–H groups in total. The molecule has 128 valence electrons. The summed E-state index contributed by atoms with van der Waals surface area (Å²) in [5, 5.41) is 5.28. The van der Waals surface area contributed by atoms with Crippen molar-refractivity contribution in [2.24, 2.45) is 5.16 Å². The largest absolute Gasteiger partial charge is 0.357 e. The number of aromatic nitrogens is 1. The van der Waals surface area contributed by atoms with Gasteiger partial charge in [-0.1, -0.05) is 52.8 Å². The van der Waals surface area contributed by atoms with Crippen LogP contribution in [-0.4, -0.2) is 11.2 Å². The lowest BCUT2D eigenvalue weighted by atomic mass is 10.2. The number of rotatable bonds is 5. The summed E-state index contributed by atoms with van der Waals surface area (Å²) in [6.45, 7) is 2.10. The maximum absolute atomic E-state index is 5.40. The van der Waals surface area contributed by atoms with Crippen LogP contribution in [0.15, 0.2) is 88.0 Å². The second kappa shape index (κ2) is 7.72. The molecule has 2 aromatic carbocycles. The molecule has 4 rings (SSSR count). The molecule has 0 aliphatic carbocycles. The fourth-order valence-electron chi connectivity index (χ4n) is 2.45. The van der Waals surface area contributed by atoms with Crippen molar-refractivity contribution in [3.05, 3.63) is 83.5 Å². The van der Waals surface area contributed by atoms with E-state index in [4.69, 9.17) is 4.84 Å².